The van der Waals surface area contributed by atoms with E-state index in [0.29, 0.717) is 11.8 Å². The Balaban J connectivity index is 3.00. The first kappa shape index (κ1) is 13.1. The van der Waals surface area contributed by atoms with E-state index in [9.17, 15) is 0 Å². The second kappa shape index (κ2) is 5.42. The number of nitrogens with zero attached hydrogens (tertiary/aromatic N) is 1. The van der Waals surface area contributed by atoms with E-state index >= 15 is 0 Å². The van der Waals surface area contributed by atoms with Crippen molar-refractivity contribution in [3.8, 4) is 0 Å². The molecule has 2 nitrogen and oxygen atoms in total. The van der Waals surface area contributed by atoms with Crippen molar-refractivity contribution in [1.29, 1.82) is 0 Å². The summed E-state index contributed by atoms with van der Waals surface area (Å²) < 4.78 is 0. The average Bonchev–Trinajstić information content (AvgIpc) is 2.20. The van der Waals surface area contributed by atoms with E-state index in [2.05, 4.69) is 51.4 Å². The molecule has 0 unspecified atom stereocenters. The highest BCUT2D eigenvalue weighted by atomic mass is 15.2. The van der Waals surface area contributed by atoms with E-state index in [-0.39, 0.29) is 0 Å². The van der Waals surface area contributed by atoms with Crippen LogP contribution < -0.4 is 5.32 Å². The molecule has 0 atom stereocenters. The summed E-state index contributed by atoms with van der Waals surface area (Å²) in [6, 6.07) is 0. The third-order valence-corrected chi connectivity index (χ3v) is 3.09. The fraction of sp³-hybridized carbons (Fsp3) is 0.714. The minimum atomic E-state index is 0.539. The second-order valence-corrected chi connectivity index (χ2v) is 5.18. The van der Waals surface area contributed by atoms with Gasteiger partial charge in [-0.2, -0.15) is 0 Å². The second-order valence-electron chi connectivity index (χ2n) is 5.18. The van der Waals surface area contributed by atoms with Crippen molar-refractivity contribution in [2.45, 2.75) is 41.0 Å². The molecule has 0 radical (unpaired) electrons. The van der Waals surface area contributed by atoms with Gasteiger partial charge in [-0.05, 0) is 23.8 Å². The average molecular weight is 222 g/mol. The lowest BCUT2D eigenvalue weighted by atomic mass is 9.91. The molecule has 0 spiro atoms. The first-order valence-corrected chi connectivity index (χ1v) is 6.41. The van der Waals surface area contributed by atoms with Gasteiger partial charge in [-0.3, -0.25) is 0 Å². The summed E-state index contributed by atoms with van der Waals surface area (Å²) in [5.74, 6) is 1.09. The van der Waals surface area contributed by atoms with Crippen molar-refractivity contribution >= 4 is 0 Å². The smallest absolute Gasteiger partial charge is 0.0873 e. The van der Waals surface area contributed by atoms with Gasteiger partial charge in [-0.25, -0.2) is 0 Å². The van der Waals surface area contributed by atoms with Gasteiger partial charge >= 0.3 is 0 Å². The predicted octanol–water partition coefficient (Wildman–Crippen LogP) is 3.34. The highest BCUT2D eigenvalue weighted by Gasteiger charge is 2.24. The maximum absolute atomic E-state index is 4.28. The Kier molecular flexibility index (Phi) is 4.45. The summed E-state index contributed by atoms with van der Waals surface area (Å²) in [6.45, 7) is 17.5. The van der Waals surface area contributed by atoms with E-state index in [1.165, 1.54) is 23.4 Å². The van der Waals surface area contributed by atoms with Crippen LogP contribution in [0.1, 0.15) is 41.0 Å². The molecule has 0 aromatic carbocycles. The Hall–Kier alpha value is -0.920. The minimum absolute atomic E-state index is 0.539. The zero-order chi connectivity index (χ0) is 12.3. The van der Waals surface area contributed by atoms with Crippen LogP contribution in [-0.4, -0.2) is 18.1 Å². The summed E-state index contributed by atoms with van der Waals surface area (Å²) in [5, 5.41) is 3.56. The molecule has 0 aromatic rings. The van der Waals surface area contributed by atoms with Gasteiger partial charge in [0, 0.05) is 17.9 Å². The van der Waals surface area contributed by atoms with Crippen molar-refractivity contribution in [2.75, 3.05) is 13.2 Å². The van der Waals surface area contributed by atoms with Crippen LogP contribution in [0.5, 0.6) is 0 Å². The highest BCUT2D eigenvalue weighted by molar-refractivity contribution is 5.36. The van der Waals surface area contributed by atoms with E-state index in [0.717, 1.165) is 13.2 Å². The number of hydrogen-bond acceptors (Lipinski definition) is 2. The Morgan fingerprint density at radius 2 is 1.88 bits per heavy atom. The van der Waals surface area contributed by atoms with Crippen molar-refractivity contribution in [1.82, 2.24) is 10.2 Å². The van der Waals surface area contributed by atoms with Crippen molar-refractivity contribution in [3.63, 3.8) is 0 Å². The molecule has 1 N–H and O–H groups in total. The summed E-state index contributed by atoms with van der Waals surface area (Å²) in [6.07, 6.45) is 1.17. The maximum Gasteiger partial charge on any atom is 0.0873 e. The molecule has 1 aliphatic heterocycles. The molecule has 0 amide bonds. The molecule has 0 bridgehead atoms. The van der Waals surface area contributed by atoms with Gasteiger partial charge in [0.2, 0.25) is 0 Å². The van der Waals surface area contributed by atoms with Gasteiger partial charge in [-0.15, -0.1) is 0 Å². The van der Waals surface area contributed by atoms with Crippen LogP contribution in [-0.2, 0) is 0 Å². The highest BCUT2D eigenvalue weighted by Crippen LogP contribution is 2.30. The Morgan fingerprint density at radius 1 is 1.25 bits per heavy atom. The van der Waals surface area contributed by atoms with Crippen LogP contribution in [0.25, 0.3) is 0 Å². The summed E-state index contributed by atoms with van der Waals surface area (Å²) in [7, 11) is 0. The summed E-state index contributed by atoms with van der Waals surface area (Å²) in [4.78, 5) is 2.35. The number of nitrogens with one attached hydrogen (secondary N) is 1. The first-order chi connectivity index (χ1) is 7.49. The van der Waals surface area contributed by atoms with E-state index in [1.54, 1.807) is 0 Å². The molecule has 1 rings (SSSR count). The lowest BCUT2D eigenvalue weighted by Gasteiger charge is -2.38. The van der Waals surface area contributed by atoms with Crippen molar-refractivity contribution in [2.24, 2.45) is 11.8 Å². The molecule has 2 heteroatoms. The summed E-state index contributed by atoms with van der Waals surface area (Å²) >= 11 is 0. The van der Waals surface area contributed by atoms with E-state index in [1.807, 2.05) is 0 Å². The molecule has 0 aromatic heterocycles. The van der Waals surface area contributed by atoms with Crippen LogP contribution in [0.4, 0.5) is 0 Å². The zero-order valence-corrected chi connectivity index (χ0v) is 11.4. The molecule has 0 saturated carbocycles. The van der Waals surface area contributed by atoms with E-state index < -0.39 is 0 Å². The van der Waals surface area contributed by atoms with Gasteiger partial charge < -0.3 is 10.2 Å². The van der Waals surface area contributed by atoms with Crippen LogP contribution >= 0.6 is 0 Å². The van der Waals surface area contributed by atoms with Crippen LogP contribution in [0.15, 0.2) is 23.5 Å². The minimum Gasteiger partial charge on any atom is -0.371 e. The van der Waals surface area contributed by atoms with Crippen molar-refractivity contribution < 1.29 is 0 Å². The number of allylic oxidation sites excluding steroid dienone is 2. The van der Waals surface area contributed by atoms with Gasteiger partial charge in [0.25, 0.3) is 0 Å². The first-order valence-electron chi connectivity index (χ1n) is 6.41. The summed E-state index contributed by atoms with van der Waals surface area (Å²) in [5.41, 5.74) is 4.02. The Labute approximate surface area is 100 Å². The van der Waals surface area contributed by atoms with Crippen LogP contribution in [0.3, 0.4) is 0 Å². The normalized spacial score (nSPS) is 17.4. The third kappa shape index (κ3) is 2.60. The number of hydrogen-bond donors (Lipinski definition) is 1. The Bertz CT molecular complexity index is 287. The molecule has 92 valence electrons. The predicted molar refractivity (Wildman–Crippen MR) is 70.8 cm³/mol. The van der Waals surface area contributed by atoms with Crippen molar-refractivity contribution in [3.05, 3.63) is 23.5 Å². The molecule has 1 aliphatic rings. The Morgan fingerprint density at radius 3 is 2.31 bits per heavy atom. The van der Waals surface area contributed by atoms with Crippen LogP contribution in [0, 0.1) is 11.8 Å². The topological polar surface area (TPSA) is 15.3 Å². The molecule has 16 heavy (non-hydrogen) atoms. The molecule has 0 fully saturated rings. The van der Waals surface area contributed by atoms with Gasteiger partial charge in [0.05, 0.1) is 6.67 Å². The quantitative estimate of drug-likeness (QED) is 0.785. The molecule has 1 heterocycles. The molecular weight excluding hydrogens is 196 g/mol. The molecule has 0 aliphatic carbocycles. The zero-order valence-electron chi connectivity index (χ0n) is 11.4. The largest absolute Gasteiger partial charge is 0.371 e. The van der Waals surface area contributed by atoms with Gasteiger partial charge in [-0.1, -0.05) is 41.2 Å². The fourth-order valence-corrected chi connectivity index (χ4v) is 2.34. The fourth-order valence-electron chi connectivity index (χ4n) is 2.34. The lowest BCUT2D eigenvalue weighted by molar-refractivity contribution is 0.303. The van der Waals surface area contributed by atoms with E-state index in [4.69, 9.17) is 0 Å². The standard InChI is InChI=1S/C14H26N2/c1-7-8-16-9-15-14(11(4)5)13(10(2)3)12(16)6/h10-11,15H,6-9H2,1-5H3. The van der Waals surface area contributed by atoms with Gasteiger partial charge in [0.15, 0.2) is 0 Å². The lowest BCUT2D eigenvalue weighted by Crippen LogP contribution is -2.41. The van der Waals surface area contributed by atoms with Crippen LogP contribution in [0.2, 0.25) is 0 Å². The molecule has 0 saturated heterocycles. The maximum atomic E-state index is 4.28. The van der Waals surface area contributed by atoms with Gasteiger partial charge in [0.1, 0.15) is 0 Å². The number of rotatable bonds is 4. The SMILES string of the molecule is C=C1C(C(C)C)=C(C(C)C)NCN1CCC. The monoisotopic (exact) mass is 222 g/mol. The third-order valence-electron chi connectivity index (χ3n) is 3.09. The molecular formula is C14H26N2.